The summed E-state index contributed by atoms with van der Waals surface area (Å²) in [5.41, 5.74) is 5.65. The van der Waals surface area contributed by atoms with E-state index in [4.69, 9.17) is 10.5 Å². The molecule has 2 atom stereocenters. The normalized spacial score (nSPS) is 27.2. The molecule has 3 nitrogen and oxygen atoms in total. The van der Waals surface area contributed by atoms with Crippen molar-refractivity contribution in [2.45, 2.75) is 37.6 Å². The number of ether oxygens (including phenoxy) is 2. The van der Waals surface area contributed by atoms with Gasteiger partial charge < -0.3 is 15.2 Å². The molecule has 0 bridgehead atoms. The van der Waals surface area contributed by atoms with Crippen LogP contribution in [0.5, 0.6) is 0 Å². The van der Waals surface area contributed by atoms with E-state index >= 15 is 0 Å². The number of alkyl halides is 3. The summed E-state index contributed by atoms with van der Waals surface area (Å²) in [6.45, 7) is -1.03. The molecule has 90 valence electrons. The number of nitrogens with two attached hydrogens (primary N) is 1. The van der Waals surface area contributed by atoms with Crippen LogP contribution in [0.15, 0.2) is 0 Å². The zero-order valence-corrected chi connectivity index (χ0v) is 8.43. The van der Waals surface area contributed by atoms with Crippen LogP contribution in [-0.2, 0) is 9.47 Å². The summed E-state index contributed by atoms with van der Waals surface area (Å²) in [5, 5.41) is 0. The molecule has 0 aromatic rings. The third-order valence-corrected chi connectivity index (χ3v) is 2.27. The summed E-state index contributed by atoms with van der Waals surface area (Å²) in [4.78, 5) is 0. The van der Waals surface area contributed by atoms with E-state index < -0.39 is 12.8 Å². The molecule has 0 radical (unpaired) electrons. The standard InChI is InChI=1S/C9H16F3NO2/c10-9(11,12)6-14-3-4-15-8-2-1-7(13)5-8/h7-8H,1-6,13H2. The van der Waals surface area contributed by atoms with Crippen LogP contribution < -0.4 is 5.73 Å². The van der Waals surface area contributed by atoms with Crippen LogP contribution in [0.25, 0.3) is 0 Å². The highest BCUT2D eigenvalue weighted by Gasteiger charge is 2.27. The maximum absolute atomic E-state index is 11.7. The minimum Gasteiger partial charge on any atom is -0.376 e. The van der Waals surface area contributed by atoms with Gasteiger partial charge in [0.15, 0.2) is 0 Å². The Hall–Kier alpha value is -0.330. The molecule has 15 heavy (non-hydrogen) atoms. The Balaban J connectivity index is 1.93. The van der Waals surface area contributed by atoms with Crippen LogP contribution in [0.1, 0.15) is 19.3 Å². The summed E-state index contributed by atoms with van der Waals surface area (Å²) in [5.74, 6) is 0. The van der Waals surface area contributed by atoms with E-state index in [2.05, 4.69) is 4.74 Å². The Morgan fingerprint density at radius 2 is 1.93 bits per heavy atom. The van der Waals surface area contributed by atoms with Crippen LogP contribution in [-0.4, -0.2) is 38.1 Å². The summed E-state index contributed by atoms with van der Waals surface area (Å²) in [6.07, 6.45) is -1.56. The van der Waals surface area contributed by atoms with E-state index in [1.165, 1.54) is 0 Å². The Kier molecular flexibility index (Phi) is 4.82. The van der Waals surface area contributed by atoms with Crippen molar-refractivity contribution in [3.05, 3.63) is 0 Å². The highest BCUT2D eigenvalue weighted by atomic mass is 19.4. The molecule has 2 N–H and O–H groups in total. The zero-order chi connectivity index (χ0) is 11.3. The van der Waals surface area contributed by atoms with Gasteiger partial charge >= 0.3 is 6.18 Å². The van der Waals surface area contributed by atoms with Crippen molar-refractivity contribution in [2.24, 2.45) is 5.73 Å². The first-order valence-corrected chi connectivity index (χ1v) is 4.99. The summed E-state index contributed by atoms with van der Waals surface area (Å²) >= 11 is 0. The molecule has 1 fully saturated rings. The minimum atomic E-state index is -4.25. The maximum atomic E-state index is 11.7. The van der Waals surface area contributed by atoms with Crippen LogP contribution >= 0.6 is 0 Å². The molecule has 1 aliphatic carbocycles. The second-order valence-electron chi connectivity index (χ2n) is 3.73. The van der Waals surface area contributed by atoms with Gasteiger partial charge in [-0.25, -0.2) is 0 Å². The van der Waals surface area contributed by atoms with Gasteiger partial charge in [-0.05, 0) is 19.3 Å². The summed E-state index contributed by atoms with van der Waals surface area (Å²) in [7, 11) is 0. The number of rotatable bonds is 5. The highest BCUT2D eigenvalue weighted by molar-refractivity contribution is 4.77. The molecular formula is C9H16F3NO2. The van der Waals surface area contributed by atoms with Gasteiger partial charge in [0.05, 0.1) is 19.3 Å². The van der Waals surface area contributed by atoms with E-state index in [1.54, 1.807) is 0 Å². The third-order valence-electron chi connectivity index (χ3n) is 2.27. The minimum absolute atomic E-state index is 0.0226. The lowest BCUT2D eigenvalue weighted by atomic mass is 10.3. The molecule has 0 amide bonds. The lowest BCUT2D eigenvalue weighted by molar-refractivity contribution is -0.177. The molecule has 1 rings (SSSR count). The van der Waals surface area contributed by atoms with Crippen LogP contribution in [0.2, 0.25) is 0 Å². The van der Waals surface area contributed by atoms with Gasteiger partial charge in [0.25, 0.3) is 0 Å². The predicted octanol–water partition coefficient (Wildman–Crippen LogP) is 1.46. The fraction of sp³-hybridized carbons (Fsp3) is 1.00. The Morgan fingerprint density at radius 1 is 1.20 bits per heavy atom. The molecule has 0 saturated heterocycles. The molecular weight excluding hydrogens is 211 g/mol. The predicted molar refractivity (Wildman–Crippen MR) is 48.4 cm³/mol. The molecule has 0 aliphatic heterocycles. The number of halogens is 3. The third kappa shape index (κ3) is 5.96. The van der Waals surface area contributed by atoms with Gasteiger partial charge in [0, 0.05) is 6.04 Å². The van der Waals surface area contributed by atoms with Gasteiger partial charge in [-0.2, -0.15) is 13.2 Å². The van der Waals surface area contributed by atoms with Crippen LogP contribution in [0, 0.1) is 0 Å². The second kappa shape index (κ2) is 5.67. The first kappa shape index (κ1) is 12.7. The smallest absolute Gasteiger partial charge is 0.376 e. The Morgan fingerprint density at radius 3 is 2.47 bits per heavy atom. The fourth-order valence-corrected chi connectivity index (χ4v) is 1.59. The first-order chi connectivity index (χ1) is 6.97. The van der Waals surface area contributed by atoms with Crippen molar-refractivity contribution in [3.63, 3.8) is 0 Å². The SMILES string of the molecule is NC1CCC(OCCOCC(F)(F)F)C1. The Bertz CT molecular complexity index is 187. The Labute approximate surface area is 86.7 Å². The topological polar surface area (TPSA) is 44.5 Å². The van der Waals surface area contributed by atoms with E-state index in [1.807, 2.05) is 0 Å². The van der Waals surface area contributed by atoms with Crippen molar-refractivity contribution in [1.29, 1.82) is 0 Å². The van der Waals surface area contributed by atoms with Crippen molar-refractivity contribution in [2.75, 3.05) is 19.8 Å². The van der Waals surface area contributed by atoms with Gasteiger partial charge in [0.1, 0.15) is 6.61 Å². The van der Waals surface area contributed by atoms with Crippen molar-refractivity contribution < 1.29 is 22.6 Å². The van der Waals surface area contributed by atoms with E-state index in [0.29, 0.717) is 0 Å². The molecule has 0 heterocycles. The van der Waals surface area contributed by atoms with Crippen molar-refractivity contribution >= 4 is 0 Å². The van der Waals surface area contributed by atoms with Crippen LogP contribution in [0.3, 0.4) is 0 Å². The molecule has 2 unspecified atom stereocenters. The van der Waals surface area contributed by atoms with Crippen molar-refractivity contribution in [3.8, 4) is 0 Å². The average Bonchev–Trinajstić information content (AvgIpc) is 2.49. The first-order valence-electron chi connectivity index (χ1n) is 4.99. The monoisotopic (exact) mass is 227 g/mol. The molecule has 0 spiro atoms. The largest absolute Gasteiger partial charge is 0.411 e. The number of hydrogen-bond acceptors (Lipinski definition) is 3. The van der Waals surface area contributed by atoms with E-state index in [9.17, 15) is 13.2 Å². The highest BCUT2D eigenvalue weighted by Crippen LogP contribution is 2.20. The molecule has 6 heteroatoms. The fourth-order valence-electron chi connectivity index (χ4n) is 1.59. The lowest BCUT2D eigenvalue weighted by Gasteiger charge is -2.12. The average molecular weight is 227 g/mol. The summed E-state index contributed by atoms with van der Waals surface area (Å²) in [6, 6.07) is 0.172. The van der Waals surface area contributed by atoms with Gasteiger partial charge in [-0.1, -0.05) is 0 Å². The van der Waals surface area contributed by atoms with Gasteiger partial charge in [-0.3, -0.25) is 0 Å². The van der Waals surface area contributed by atoms with E-state index in [-0.39, 0.29) is 25.4 Å². The molecule has 0 aromatic carbocycles. The molecule has 1 aliphatic rings. The molecule has 1 saturated carbocycles. The van der Waals surface area contributed by atoms with Gasteiger partial charge in [0.2, 0.25) is 0 Å². The molecule has 0 aromatic heterocycles. The van der Waals surface area contributed by atoms with Crippen LogP contribution in [0.4, 0.5) is 13.2 Å². The quantitative estimate of drug-likeness (QED) is 0.723. The number of hydrogen-bond donors (Lipinski definition) is 1. The lowest BCUT2D eigenvalue weighted by Crippen LogP contribution is -2.21. The van der Waals surface area contributed by atoms with Crippen molar-refractivity contribution in [1.82, 2.24) is 0 Å². The summed E-state index contributed by atoms with van der Waals surface area (Å²) < 4.78 is 44.7. The maximum Gasteiger partial charge on any atom is 0.411 e. The second-order valence-corrected chi connectivity index (χ2v) is 3.73. The zero-order valence-electron chi connectivity index (χ0n) is 8.43. The van der Waals surface area contributed by atoms with Gasteiger partial charge in [-0.15, -0.1) is 0 Å². The van der Waals surface area contributed by atoms with E-state index in [0.717, 1.165) is 19.3 Å².